The van der Waals surface area contributed by atoms with E-state index in [1.807, 2.05) is 6.08 Å². The summed E-state index contributed by atoms with van der Waals surface area (Å²) < 4.78 is 22.8. The molecule has 0 saturated heterocycles. The second-order valence-electron chi connectivity index (χ2n) is 2.06. The Bertz CT molecular complexity index is 238. The largest absolute Gasteiger partial charge is 0.223 e. The molecule has 0 aliphatic carbocycles. The lowest BCUT2D eigenvalue weighted by atomic mass is 10.5. The van der Waals surface area contributed by atoms with Gasteiger partial charge in [-0.1, -0.05) is 13.0 Å². The lowest BCUT2D eigenvalue weighted by Crippen LogP contribution is -2.02. The maximum Gasteiger partial charge on any atom is 0.183 e. The van der Waals surface area contributed by atoms with Crippen molar-refractivity contribution in [2.24, 2.45) is 0 Å². The second-order valence-corrected chi connectivity index (χ2v) is 5.71. The zero-order valence-electron chi connectivity index (χ0n) is 5.83. The number of hydrogen-bond donors (Lipinski definition) is 0. The molecule has 0 atom stereocenters. The second kappa shape index (κ2) is 2.96. The molecule has 0 fully saturated rings. The van der Waals surface area contributed by atoms with Gasteiger partial charge in [0, 0.05) is 5.75 Å². The Balaban J connectivity index is 2.83. The van der Waals surface area contributed by atoms with Crippen molar-refractivity contribution in [1.82, 2.24) is 0 Å². The number of sulfone groups is 1. The molecule has 1 aliphatic heterocycles. The number of rotatable bonds is 2. The normalized spacial score (nSPS) is 19.1. The third-order valence-corrected chi connectivity index (χ3v) is 4.91. The van der Waals surface area contributed by atoms with Crippen LogP contribution in [0.25, 0.3) is 0 Å². The van der Waals surface area contributed by atoms with Crippen molar-refractivity contribution < 1.29 is 8.42 Å². The molecule has 0 radical (unpaired) electrons. The lowest BCUT2D eigenvalue weighted by molar-refractivity contribution is 0.605. The Labute approximate surface area is 65.6 Å². The molecule has 0 amide bonds. The topological polar surface area (TPSA) is 34.1 Å². The van der Waals surface area contributed by atoms with E-state index in [9.17, 15) is 8.42 Å². The van der Waals surface area contributed by atoms with Crippen LogP contribution in [-0.4, -0.2) is 19.9 Å². The summed E-state index contributed by atoms with van der Waals surface area (Å²) in [5.74, 6) is 1.15. The summed E-state index contributed by atoms with van der Waals surface area (Å²) in [6, 6.07) is 0. The van der Waals surface area contributed by atoms with Gasteiger partial charge in [0.25, 0.3) is 0 Å². The molecule has 1 heterocycles. The van der Waals surface area contributed by atoms with Gasteiger partial charge >= 0.3 is 0 Å². The van der Waals surface area contributed by atoms with Crippen molar-refractivity contribution >= 4 is 21.6 Å². The fourth-order valence-electron chi connectivity index (χ4n) is 0.754. The van der Waals surface area contributed by atoms with Crippen molar-refractivity contribution in [2.75, 3.05) is 11.5 Å². The smallest absolute Gasteiger partial charge is 0.183 e. The molecule has 10 heavy (non-hydrogen) atoms. The van der Waals surface area contributed by atoms with Gasteiger partial charge in [-0.15, -0.1) is 11.8 Å². The monoisotopic (exact) mass is 178 g/mol. The molecule has 0 bridgehead atoms. The Morgan fingerprint density at radius 1 is 1.70 bits per heavy atom. The molecule has 0 spiro atoms. The zero-order chi connectivity index (χ0) is 7.61. The number of thioether (sulfide) groups is 1. The maximum absolute atomic E-state index is 11.1. The maximum atomic E-state index is 11.1. The van der Waals surface area contributed by atoms with Gasteiger partial charge in [0.1, 0.15) is 0 Å². The standard InChI is InChI=1S/C6H10O2S2/c1-2-10(7,8)6-4-3-5-9-6/h4H,2-3,5H2,1H3. The van der Waals surface area contributed by atoms with Crippen LogP contribution in [-0.2, 0) is 9.84 Å². The van der Waals surface area contributed by atoms with E-state index in [0.29, 0.717) is 4.24 Å². The predicted octanol–water partition coefficient (Wildman–Crippen LogP) is 1.40. The Hall–Kier alpha value is 0.0400. The zero-order valence-corrected chi connectivity index (χ0v) is 7.46. The SMILES string of the molecule is CCS(=O)(=O)C1=CCCS1. The molecule has 0 unspecified atom stereocenters. The van der Waals surface area contributed by atoms with E-state index in [4.69, 9.17) is 0 Å². The van der Waals surface area contributed by atoms with Gasteiger partial charge in [0.15, 0.2) is 9.84 Å². The van der Waals surface area contributed by atoms with Crippen LogP contribution in [0, 0.1) is 0 Å². The summed E-state index contributed by atoms with van der Waals surface area (Å²) in [5.41, 5.74) is 0. The molecular formula is C6H10O2S2. The van der Waals surface area contributed by atoms with Crippen molar-refractivity contribution in [3.8, 4) is 0 Å². The molecule has 0 saturated carbocycles. The molecule has 0 aromatic rings. The van der Waals surface area contributed by atoms with E-state index in [0.717, 1.165) is 12.2 Å². The molecule has 0 aromatic carbocycles. The summed E-state index contributed by atoms with van der Waals surface area (Å²) in [5, 5.41) is 0. The minimum atomic E-state index is -2.87. The van der Waals surface area contributed by atoms with Crippen LogP contribution in [0.2, 0.25) is 0 Å². The first-order valence-electron chi connectivity index (χ1n) is 3.22. The first-order valence-corrected chi connectivity index (χ1v) is 5.86. The van der Waals surface area contributed by atoms with Gasteiger partial charge in [-0.05, 0) is 6.42 Å². The van der Waals surface area contributed by atoms with E-state index in [2.05, 4.69) is 0 Å². The predicted molar refractivity (Wildman–Crippen MR) is 44.6 cm³/mol. The van der Waals surface area contributed by atoms with Crippen LogP contribution in [0.4, 0.5) is 0 Å². The van der Waals surface area contributed by atoms with Gasteiger partial charge < -0.3 is 0 Å². The fourth-order valence-corrected chi connectivity index (χ4v) is 3.40. The van der Waals surface area contributed by atoms with Gasteiger partial charge in [-0.2, -0.15) is 0 Å². The lowest BCUT2D eigenvalue weighted by Gasteiger charge is -1.98. The highest BCUT2D eigenvalue weighted by molar-refractivity contribution is 8.18. The summed E-state index contributed by atoms with van der Waals surface area (Å²) in [6.07, 6.45) is 2.71. The molecule has 1 aliphatic rings. The van der Waals surface area contributed by atoms with Gasteiger partial charge in [-0.3, -0.25) is 0 Å². The first-order chi connectivity index (χ1) is 4.67. The van der Waals surface area contributed by atoms with Gasteiger partial charge in [-0.25, -0.2) is 8.42 Å². The van der Waals surface area contributed by atoms with E-state index >= 15 is 0 Å². The molecule has 4 heteroatoms. The van der Waals surface area contributed by atoms with Crippen LogP contribution in [0.3, 0.4) is 0 Å². The first kappa shape index (κ1) is 8.14. The molecule has 0 aromatic heterocycles. The molecular weight excluding hydrogens is 168 g/mol. The summed E-state index contributed by atoms with van der Waals surface area (Å²) >= 11 is 1.45. The molecule has 0 N–H and O–H groups in total. The molecule has 58 valence electrons. The van der Waals surface area contributed by atoms with Crippen LogP contribution >= 0.6 is 11.8 Å². The highest BCUT2D eigenvalue weighted by atomic mass is 32.3. The Morgan fingerprint density at radius 3 is 2.80 bits per heavy atom. The van der Waals surface area contributed by atoms with E-state index in [-0.39, 0.29) is 5.75 Å². The number of allylic oxidation sites excluding steroid dienone is 1. The molecule has 2 nitrogen and oxygen atoms in total. The van der Waals surface area contributed by atoms with Crippen molar-refractivity contribution in [2.45, 2.75) is 13.3 Å². The van der Waals surface area contributed by atoms with Gasteiger partial charge in [0.2, 0.25) is 0 Å². The van der Waals surface area contributed by atoms with E-state index in [1.165, 1.54) is 11.8 Å². The van der Waals surface area contributed by atoms with Crippen LogP contribution in [0.1, 0.15) is 13.3 Å². The van der Waals surface area contributed by atoms with Crippen molar-refractivity contribution in [3.05, 3.63) is 10.3 Å². The molecule has 1 rings (SSSR count). The van der Waals surface area contributed by atoms with Crippen molar-refractivity contribution in [1.29, 1.82) is 0 Å². The highest BCUT2D eigenvalue weighted by Gasteiger charge is 2.18. The third kappa shape index (κ3) is 1.55. The van der Waals surface area contributed by atoms with Gasteiger partial charge in [0.05, 0.1) is 9.99 Å². The average Bonchev–Trinajstić information content (AvgIpc) is 2.38. The summed E-state index contributed by atoms with van der Waals surface area (Å²) in [6.45, 7) is 1.68. The highest BCUT2D eigenvalue weighted by Crippen LogP contribution is 2.29. The minimum Gasteiger partial charge on any atom is -0.223 e. The Morgan fingerprint density at radius 2 is 2.40 bits per heavy atom. The quantitative estimate of drug-likeness (QED) is 0.641. The fraction of sp³-hybridized carbons (Fsp3) is 0.667. The van der Waals surface area contributed by atoms with Crippen LogP contribution in [0.15, 0.2) is 10.3 Å². The Kier molecular flexibility index (Phi) is 2.41. The van der Waals surface area contributed by atoms with E-state index < -0.39 is 9.84 Å². The van der Waals surface area contributed by atoms with Crippen molar-refractivity contribution in [3.63, 3.8) is 0 Å². The third-order valence-electron chi connectivity index (χ3n) is 1.36. The minimum absolute atomic E-state index is 0.228. The van der Waals surface area contributed by atoms with E-state index in [1.54, 1.807) is 6.92 Å². The summed E-state index contributed by atoms with van der Waals surface area (Å²) in [7, 11) is -2.87. The average molecular weight is 178 g/mol. The van der Waals surface area contributed by atoms with Crippen LogP contribution < -0.4 is 0 Å². The van der Waals surface area contributed by atoms with Crippen LogP contribution in [0.5, 0.6) is 0 Å². The number of hydrogen-bond acceptors (Lipinski definition) is 3. The summed E-state index contributed by atoms with van der Waals surface area (Å²) in [4.78, 5) is 0.